The van der Waals surface area contributed by atoms with Gasteiger partial charge in [0.25, 0.3) is 0 Å². The first kappa shape index (κ1) is 17.3. The van der Waals surface area contributed by atoms with Gasteiger partial charge in [0, 0.05) is 9.79 Å². The Kier molecular flexibility index (Phi) is 4.03. The average molecular weight is 392 g/mol. The molecule has 0 spiro atoms. The highest BCUT2D eigenvalue weighted by Gasteiger charge is 2.38. The minimum atomic E-state index is -2.05. The summed E-state index contributed by atoms with van der Waals surface area (Å²) in [5.41, 5.74) is -2.31. The number of hydrogen-bond acceptors (Lipinski definition) is 4. The van der Waals surface area contributed by atoms with Gasteiger partial charge in [0.1, 0.15) is 5.69 Å². The third kappa shape index (κ3) is 2.54. The molecule has 136 valence electrons. The van der Waals surface area contributed by atoms with Crippen molar-refractivity contribution in [2.75, 3.05) is 4.90 Å². The summed E-state index contributed by atoms with van der Waals surface area (Å²) in [6, 6.07) is 13.1. The van der Waals surface area contributed by atoms with Crippen LogP contribution in [0.5, 0.6) is 0 Å². The summed E-state index contributed by atoms with van der Waals surface area (Å²) in [5, 5.41) is 10.8. The van der Waals surface area contributed by atoms with Gasteiger partial charge < -0.3 is 4.90 Å². The van der Waals surface area contributed by atoms with E-state index in [1.165, 1.54) is 23.9 Å². The molecule has 0 atom stereocenters. The molecule has 4 rings (SSSR count). The van der Waals surface area contributed by atoms with Crippen LogP contribution in [0.3, 0.4) is 0 Å². The Morgan fingerprint density at radius 3 is 1.67 bits per heavy atom. The van der Waals surface area contributed by atoms with Crippen LogP contribution in [0.1, 0.15) is 0 Å². The van der Waals surface area contributed by atoms with Crippen molar-refractivity contribution in [1.82, 2.24) is 0 Å². The Balaban J connectivity index is 2.07. The Hall–Kier alpha value is -3.07. The number of rotatable bonds is 2. The second kappa shape index (κ2) is 6.27. The van der Waals surface area contributed by atoms with Crippen LogP contribution in [0.2, 0.25) is 0 Å². The molecule has 3 aromatic carbocycles. The van der Waals surface area contributed by atoms with Crippen LogP contribution in [0.4, 0.5) is 40.3 Å². The molecule has 1 aliphatic heterocycles. The summed E-state index contributed by atoms with van der Waals surface area (Å²) >= 11 is 1.33. The van der Waals surface area contributed by atoms with E-state index in [0.29, 0.717) is 21.2 Å². The largest absolute Gasteiger partial charge is 0.346 e. The Bertz CT molecular complexity index is 1030. The summed E-state index contributed by atoms with van der Waals surface area (Å²) in [5.74, 6) is -7.78. The number of nitrogens with zero attached hydrogens (tertiary/aromatic N) is 2. The highest BCUT2D eigenvalue weighted by atomic mass is 32.2. The van der Waals surface area contributed by atoms with Crippen LogP contribution in [0.15, 0.2) is 58.3 Å². The van der Waals surface area contributed by atoms with Crippen molar-refractivity contribution in [2.24, 2.45) is 0 Å². The van der Waals surface area contributed by atoms with Gasteiger partial charge in [-0.25, -0.2) is 8.78 Å². The summed E-state index contributed by atoms with van der Waals surface area (Å²) in [6.45, 7) is 0. The Morgan fingerprint density at radius 1 is 0.778 bits per heavy atom. The molecule has 0 amide bonds. The Morgan fingerprint density at radius 2 is 1.22 bits per heavy atom. The minimum Gasteiger partial charge on any atom is -0.303 e. The van der Waals surface area contributed by atoms with E-state index in [0.717, 1.165) is 4.90 Å². The van der Waals surface area contributed by atoms with Gasteiger partial charge >= 0.3 is 5.69 Å². The highest BCUT2D eigenvalue weighted by Crippen LogP contribution is 2.53. The van der Waals surface area contributed by atoms with Crippen LogP contribution in [0.25, 0.3) is 0 Å². The first-order chi connectivity index (χ1) is 12.9. The number of anilines is 3. The maximum absolute atomic E-state index is 14.7. The smallest absolute Gasteiger partial charge is 0.303 e. The molecule has 0 aliphatic carbocycles. The number of fused-ring (bicyclic) bond motifs is 2. The topological polar surface area (TPSA) is 46.4 Å². The zero-order valence-electron chi connectivity index (χ0n) is 13.2. The van der Waals surface area contributed by atoms with E-state index >= 15 is 0 Å². The summed E-state index contributed by atoms with van der Waals surface area (Å²) < 4.78 is 57.8. The van der Waals surface area contributed by atoms with Gasteiger partial charge in [-0.2, -0.15) is 8.78 Å². The van der Waals surface area contributed by atoms with Gasteiger partial charge in [-0.1, -0.05) is 36.0 Å². The van der Waals surface area contributed by atoms with Crippen molar-refractivity contribution in [3.63, 3.8) is 0 Å². The fourth-order valence-electron chi connectivity index (χ4n) is 2.91. The lowest BCUT2D eigenvalue weighted by Gasteiger charge is -2.33. The molecular weight excluding hydrogens is 384 g/mol. The number of halogens is 4. The van der Waals surface area contributed by atoms with Gasteiger partial charge in [-0.3, -0.25) is 10.1 Å². The molecule has 1 aliphatic rings. The van der Waals surface area contributed by atoms with E-state index in [9.17, 15) is 27.7 Å². The predicted octanol–water partition coefficient (Wildman–Crippen LogP) is 6.09. The van der Waals surface area contributed by atoms with Crippen molar-refractivity contribution in [3.05, 3.63) is 81.9 Å². The molecule has 1 heterocycles. The number of benzene rings is 3. The third-order valence-corrected chi connectivity index (χ3v) is 5.19. The second-order valence-electron chi connectivity index (χ2n) is 5.58. The van der Waals surface area contributed by atoms with Crippen LogP contribution in [-0.4, -0.2) is 4.92 Å². The van der Waals surface area contributed by atoms with E-state index in [4.69, 9.17) is 0 Å². The number of nitro benzene ring substituents is 1. The molecule has 0 saturated carbocycles. The van der Waals surface area contributed by atoms with Gasteiger partial charge in [0.05, 0.1) is 16.3 Å². The highest BCUT2D eigenvalue weighted by molar-refractivity contribution is 7.99. The molecule has 0 fully saturated rings. The lowest BCUT2D eigenvalue weighted by molar-refractivity contribution is -0.390. The van der Waals surface area contributed by atoms with E-state index in [2.05, 4.69) is 0 Å². The number of hydrogen-bond donors (Lipinski definition) is 0. The quantitative estimate of drug-likeness (QED) is 0.179. The monoisotopic (exact) mass is 392 g/mol. The molecule has 0 bridgehead atoms. The van der Waals surface area contributed by atoms with Gasteiger partial charge in [0.15, 0.2) is 11.6 Å². The molecule has 0 saturated heterocycles. The maximum atomic E-state index is 14.7. The minimum absolute atomic E-state index is 0.298. The molecular formula is C18H8F4N2O2S. The molecule has 0 unspecified atom stereocenters. The van der Waals surface area contributed by atoms with Crippen LogP contribution in [-0.2, 0) is 0 Å². The van der Waals surface area contributed by atoms with Crippen molar-refractivity contribution in [2.45, 2.75) is 9.79 Å². The van der Waals surface area contributed by atoms with Gasteiger partial charge in [-0.15, -0.1) is 0 Å². The maximum Gasteiger partial charge on any atom is 0.346 e. The third-order valence-electron chi connectivity index (χ3n) is 4.06. The standard InChI is InChI=1S/C18H8F4N2O2S/c19-13-15(21)18(24(25)26)16(22)14(20)17(13)23-9-5-1-3-7-11(9)27-12-8-4-2-6-10(12)23/h1-8H. The van der Waals surface area contributed by atoms with Crippen molar-refractivity contribution < 1.29 is 22.5 Å². The van der Waals surface area contributed by atoms with E-state index in [-0.39, 0.29) is 0 Å². The normalized spacial score (nSPS) is 12.5. The van der Waals surface area contributed by atoms with Crippen molar-refractivity contribution >= 4 is 34.5 Å². The molecule has 4 nitrogen and oxygen atoms in total. The second-order valence-corrected chi connectivity index (χ2v) is 6.67. The SMILES string of the molecule is O=[N+]([O-])c1c(F)c(F)c(N2c3ccccc3Sc3ccccc32)c(F)c1F. The lowest BCUT2D eigenvalue weighted by Crippen LogP contribution is -2.19. The zero-order valence-corrected chi connectivity index (χ0v) is 14.1. The summed E-state index contributed by atoms with van der Waals surface area (Å²) in [6.07, 6.45) is 0. The first-order valence-corrected chi connectivity index (χ1v) is 8.39. The van der Waals surface area contributed by atoms with E-state index < -0.39 is 39.6 Å². The zero-order chi connectivity index (χ0) is 19.3. The van der Waals surface area contributed by atoms with E-state index in [1.807, 2.05) is 0 Å². The number of para-hydroxylation sites is 2. The fourth-order valence-corrected chi connectivity index (χ4v) is 3.97. The molecule has 3 aromatic rings. The summed E-state index contributed by atoms with van der Waals surface area (Å²) in [4.78, 5) is 11.6. The molecule has 0 radical (unpaired) electrons. The predicted molar refractivity (Wildman–Crippen MR) is 91.7 cm³/mol. The van der Waals surface area contributed by atoms with Gasteiger partial charge in [-0.05, 0) is 24.3 Å². The van der Waals surface area contributed by atoms with Crippen molar-refractivity contribution in [3.8, 4) is 0 Å². The molecule has 9 heteroatoms. The first-order valence-electron chi connectivity index (χ1n) is 7.58. The molecule has 0 N–H and O–H groups in total. The fraction of sp³-hybridized carbons (Fsp3) is 0. The lowest BCUT2D eigenvalue weighted by atomic mass is 10.1. The van der Waals surface area contributed by atoms with Crippen LogP contribution < -0.4 is 4.90 Å². The molecule has 0 aromatic heterocycles. The summed E-state index contributed by atoms with van der Waals surface area (Å²) in [7, 11) is 0. The molecule has 27 heavy (non-hydrogen) atoms. The van der Waals surface area contributed by atoms with Crippen molar-refractivity contribution in [1.29, 1.82) is 0 Å². The average Bonchev–Trinajstić information content (AvgIpc) is 2.66. The Labute approximate surface area is 154 Å². The van der Waals surface area contributed by atoms with Crippen LogP contribution >= 0.6 is 11.8 Å². The van der Waals surface area contributed by atoms with Gasteiger partial charge in [0.2, 0.25) is 11.6 Å². The van der Waals surface area contributed by atoms with E-state index in [1.54, 1.807) is 36.4 Å². The van der Waals surface area contributed by atoms with Crippen LogP contribution in [0, 0.1) is 33.4 Å². The number of nitro groups is 1.